The molecule has 7 heteroatoms. The summed E-state index contributed by atoms with van der Waals surface area (Å²) >= 11 is 0. The topological polar surface area (TPSA) is 75.8 Å². The zero-order valence-electron chi connectivity index (χ0n) is 12.9. The van der Waals surface area contributed by atoms with Gasteiger partial charge in [0.1, 0.15) is 0 Å². The number of halogens is 1. The van der Waals surface area contributed by atoms with E-state index in [-0.39, 0.29) is 29.7 Å². The molecule has 0 aliphatic carbocycles. The molecule has 124 valence electrons. The Bertz CT molecular complexity index is 611. The molecule has 1 heterocycles. The van der Waals surface area contributed by atoms with Gasteiger partial charge in [-0.15, -0.1) is 24.0 Å². The van der Waals surface area contributed by atoms with Crippen molar-refractivity contribution in [2.24, 2.45) is 10.7 Å². The number of piperidine rings is 1. The van der Waals surface area contributed by atoms with Crippen LogP contribution in [0.25, 0.3) is 0 Å². The Morgan fingerprint density at radius 3 is 2.36 bits per heavy atom. The Labute approximate surface area is 149 Å². The fourth-order valence-electron chi connectivity index (χ4n) is 2.52. The van der Waals surface area contributed by atoms with Gasteiger partial charge in [-0.3, -0.25) is 0 Å². The fourth-order valence-corrected chi connectivity index (χ4v) is 3.37. The van der Waals surface area contributed by atoms with Crippen LogP contribution >= 0.6 is 24.0 Å². The minimum Gasteiger partial charge on any atom is -0.370 e. The number of rotatable bonds is 4. The molecule has 0 atom stereocenters. The van der Waals surface area contributed by atoms with Crippen molar-refractivity contribution in [3.63, 3.8) is 0 Å². The van der Waals surface area contributed by atoms with Crippen molar-refractivity contribution in [2.75, 3.05) is 19.3 Å². The third kappa shape index (κ3) is 6.12. The number of nitrogens with zero attached hydrogens (tertiary/aromatic N) is 2. The Balaban J connectivity index is 0.00000242. The van der Waals surface area contributed by atoms with Crippen molar-refractivity contribution in [1.29, 1.82) is 0 Å². The summed E-state index contributed by atoms with van der Waals surface area (Å²) in [5.74, 6) is 0.603. The van der Waals surface area contributed by atoms with E-state index >= 15 is 0 Å². The summed E-state index contributed by atoms with van der Waals surface area (Å²) in [4.78, 5) is 6.53. The van der Waals surface area contributed by atoms with Crippen LogP contribution in [0.3, 0.4) is 0 Å². The van der Waals surface area contributed by atoms with E-state index in [4.69, 9.17) is 5.73 Å². The summed E-state index contributed by atoms with van der Waals surface area (Å²) < 4.78 is 22.9. The first kappa shape index (κ1) is 19.2. The molecule has 0 radical (unpaired) electrons. The number of aliphatic imine (C=N–C) groups is 1. The molecule has 1 aromatic carbocycles. The Morgan fingerprint density at radius 1 is 1.18 bits per heavy atom. The first-order valence-electron chi connectivity index (χ1n) is 7.25. The minimum atomic E-state index is -3.05. The molecule has 1 saturated heterocycles. The van der Waals surface area contributed by atoms with Gasteiger partial charge in [0.15, 0.2) is 15.8 Å². The lowest BCUT2D eigenvalue weighted by atomic mass is 10.1. The zero-order valence-corrected chi connectivity index (χ0v) is 16.0. The van der Waals surface area contributed by atoms with Crippen LogP contribution in [0.1, 0.15) is 30.4 Å². The first-order valence-corrected chi connectivity index (χ1v) is 9.31. The highest BCUT2D eigenvalue weighted by molar-refractivity contribution is 14.0. The lowest BCUT2D eigenvalue weighted by Gasteiger charge is -2.27. The normalized spacial score (nSPS) is 16.2. The molecular formula is C15H24IN3O2S. The second-order valence-corrected chi connectivity index (χ2v) is 7.70. The maximum atomic E-state index is 11.5. The number of guanidine groups is 1. The van der Waals surface area contributed by atoms with Gasteiger partial charge in [0.05, 0.1) is 12.3 Å². The highest BCUT2D eigenvalue weighted by Gasteiger charge is 2.12. The number of hydrogen-bond donors (Lipinski definition) is 1. The summed E-state index contributed by atoms with van der Waals surface area (Å²) in [6, 6.07) is 7.49. The molecule has 0 aromatic heterocycles. The highest BCUT2D eigenvalue weighted by Crippen LogP contribution is 2.14. The largest absolute Gasteiger partial charge is 0.370 e. The van der Waals surface area contributed by atoms with Crippen molar-refractivity contribution in [1.82, 2.24) is 4.90 Å². The third-order valence-corrected chi connectivity index (χ3v) is 4.46. The monoisotopic (exact) mass is 437 g/mol. The smallest absolute Gasteiger partial charge is 0.191 e. The van der Waals surface area contributed by atoms with Crippen LogP contribution in [-0.2, 0) is 22.1 Å². The van der Waals surface area contributed by atoms with Gasteiger partial charge in [-0.2, -0.15) is 0 Å². The minimum absolute atomic E-state index is 0. The van der Waals surface area contributed by atoms with Gasteiger partial charge in [-0.05, 0) is 30.4 Å². The van der Waals surface area contributed by atoms with Crippen molar-refractivity contribution >= 4 is 39.8 Å². The van der Waals surface area contributed by atoms with Crippen LogP contribution < -0.4 is 5.73 Å². The molecule has 0 spiro atoms. The molecule has 0 amide bonds. The molecule has 1 aliphatic rings. The van der Waals surface area contributed by atoms with Gasteiger partial charge in [0, 0.05) is 19.3 Å². The van der Waals surface area contributed by atoms with Crippen LogP contribution in [0.15, 0.2) is 29.3 Å². The summed E-state index contributed by atoms with van der Waals surface area (Å²) in [5.41, 5.74) is 7.75. The number of hydrogen-bond acceptors (Lipinski definition) is 3. The number of nitrogens with two attached hydrogens (primary N) is 1. The van der Waals surface area contributed by atoms with E-state index in [2.05, 4.69) is 9.89 Å². The SMILES string of the molecule is CS(=O)(=O)Cc1ccccc1CN=C(N)N1CCCCC1.I. The molecule has 2 N–H and O–H groups in total. The third-order valence-electron chi connectivity index (χ3n) is 3.63. The summed E-state index contributed by atoms with van der Waals surface area (Å²) in [6.45, 7) is 2.34. The second kappa shape index (κ2) is 8.71. The van der Waals surface area contributed by atoms with Crippen LogP contribution in [-0.4, -0.2) is 38.6 Å². The molecular weight excluding hydrogens is 413 g/mol. The quantitative estimate of drug-likeness (QED) is 0.445. The van der Waals surface area contributed by atoms with E-state index in [0.717, 1.165) is 37.1 Å². The van der Waals surface area contributed by atoms with Crippen LogP contribution in [0.2, 0.25) is 0 Å². The van der Waals surface area contributed by atoms with E-state index in [9.17, 15) is 8.42 Å². The number of sulfone groups is 1. The second-order valence-electron chi connectivity index (χ2n) is 5.56. The average Bonchev–Trinajstić information content (AvgIpc) is 2.45. The molecule has 1 aromatic rings. The lowest BCUT2D eigenvalue weighted by molar-refractivity contribution is 0.338. The van der Waals surface area contributed by atoms with Gasteiger partial charge < -0.3 is 10.6 Å². The molecule has 2 rings (SSSR count). The molecule has 0 unspecified atom stereocenters. The molecule has 0 saturated carbocycles. The lowest BCUT2D eigenvalue weighted by Crippen LogP contribution is -2.40. The average molecular weight is 437 g/mol. The van der Waals surface area contributed by atoms with Crippen molar-refractivity contribution in [3.8, 4) is 0 Å². The van der Waals surface area contributed by atoms with Gasteiger partial charge in [0.2, 0.25) is 0 Å². The van der Waals surface area contributed by atoms with Crippen molar-refractivity contribution in [3.05, 3.63) is 35.4 Å². The first-order chi connectivity index (χ1) is 9.96. The fraction of sp³-hybridized carbons (Fsp3) is 0.533. The molecule has 5 nitrogen and oxygen atoms in total. The molecule has 1 aliphatic heterocycles. The van der Waals surface area contributed by atoms with Gasteiger partial charge >= 0.3 is 0 Å². The molecule has 0 bridgehead atoms. The van der Waals surface area contributed by atoms with E-state index in [1.54, 1.807) is 0 Å². The van der Waals surface area contributed by atoms with E-state index < -0.39 is 9.84 Å². The summed E-state index contributed by atoms with van der Waals surface area (Å²) in [7, 11) is -3.05. The maximum Gasteiger partial charge on any atom is 0.191 e. The van der Waals surface area contributed by atoms with E-state index in [0.29, 0.717) is 12.5 Å². The Morgan fingerprint density at radius 2 is 1.77 bits per heavy atom. The summed E-state index contributed by atoms with van der Waals surface area (Å²) in [6.07, 6.45) is 4.80. The zero-order chi connectivity index (χ0) is 15.3. The highest BCUT2D eigenvalue weighted by atomic mass is 127. The predicted octanol–water partition coefficient (Wildman–Crippen LogP) is 2.15. The Kier molecular flexibility index (Phi) is 7.61. The van der Waals surface area contributed by atoms with Crippen LogP contribution in [0, 0.1) is 0 Å². The van der Waals surface area contributed by atoms with Gasteiger partial charge in [-0.1, -0.05) is 24.3 Å². The van der Waals surface area contributed by atoms with E-state index in [1.165, 1.54) is 12.7 Å². The van der Waals surface area contributed by atoms with Crippen molar-refractivity contribution in [2.45, 2.75) is 31.6 Å². The Hall–Kier alpha value is -0.830. The number of likely N-dealkylation sites (tertiary alicyclic amines) is 1. The van der Waals surface area contributed by atoms with Crippen LogP contribution in [0.5, 0.6) is 0 Å². The number of benzene rings is 1. The standard InChI is InChI=1S/C15H23N3O2S.HI/c1-21(19,20)12-14-8-4-3-7-13(14)11-17-15(16)18-9-5-2-6-10-18;/h3-4,7-8H,2,5-6,9-12H2,1H3,(H2,16,17);1H. The van der Waals surface area contributed by atoms with E-state index in [1.807, 2.05) is 24.3 Å². The molecule has 22 heavy (non-hydrogen) atoms. The van der Waals surface area contributed by atoms with Crippen LogP contribution in [0.4, 0.5) is 0 Å². The van der Waals surface area contributed by atoms with Gasteiger partial charge in [-0.25, -0.2) is 13.4 Å². The van der Waals surface area contributed by atoms with Crippen molar-refractivity contribution < 1.29 is 8.42 Å². The summed E-state index contributed by atoms with van der Waals surface area (Å²) in [5, 5.41) is 0. The van der Waals surface area contributed by atoms with Gasteiger partial charge in [0.25, 0.3) is 0 Å². The maximum absolute atomic E-state index is 11.5. The predicted molar refractivity (Wildman–Crippen MR) is 101 cm³/mol. The molecule has 1 fully saturated rings.